The van der Waals surface area contributed by atoms with Crippen molar-refractivity contribution in [3.63, 3.8) is 0 Å². The minimum Gasteiger partial charge on any atom is -0.389 e. The number of hydrogen-bond donors (Lipinski definition) is 3. The second-order valence-electron chi connectivity index (χ2n) is 4.28. The Hall–Kier alpha value is -1.76. The van der Waals surface area contributed by atoms with Gasteiger partial charge < -0.3 is 16.4 Å². The van der Waals surface area contributed by atoms with Gasteiger partial charge in [0.1, 0.15) is 11.0 Å². The lowest BCUT2D eigenvalue weighted by Gasteiger charge is -2.24. The third-order valence-corrected chi connectivity index (χ3v) is 3.18. The molecule has 4 N–H and O–H groups in total. The van der Waals surface area contributed by atoms with Crippen LogP contribution in [-0.4, -0.2) is 23.5 Å². The SMILES string of the molecule is NC(=S)c1ccc(NC2CCCNC2=O)c(F)c1F. The first-order chi connectivity index (χ1) is 9.00. The Kier molecular flexibility index (Phi) is 3.94. The molecule has 1 saturated heterocycles. The minimum absolute atomic E-state index is 0.0699. The predicted molar refractivity (Wildman–Crippen MR) is 71.9 cm³/mol. The summed E-state index contributed by atoms with van der Waals surface area (Å²) >= 11 is 4.62. The van der Waals surface area contributed by atoms with Crippen molar-refractivity contribution >= 4 is 28.8 Å². The molecular weight excluding hydrogens is 272 g/mol. The van der Waals surface area contributed by atoms with E-state index in [2.05, 4.69) is 22.9 Å². The zero-order valence-electron chi connectivity index (χ0n) is 10.0. The number of benzene rings is 1. The van der Waals surface area contributed by atoms with Gasteiger partial charge in [-0.3, -0.25) is 4.79 Å². The van der Waals surface area contributed by atoms with Crippen LogP contribution >= 0.6 is 12.2 Å². The molecule has 1 aromatic rings. The molecule has 1 aliphatic heterocycles. The van der Waals surface area contributed by atoms with Crippen LogP contribution in [-0.2, 0) is 4.79 Å². The highest BCUT2D eigenvalue weighted by Gasteiger charge is 2.24. The third kappa shape index (κ3) is 2.81. The number of carbonyl (C=O) groups excluding carboxylic acids is 1. The lowest BCUT2D eigenvalue weighted by atomic mass is 10.1. The van der Waals surface area contributed by atoms with Crippen molar-refractivity contribution in [2.75, 3.05) is 11.9 Å². The number of amides is 1. The molecule has 0 saturated carbocycles. The molecule has 19 heavy (non-hydrogen) atoms. The van der Waals surface area contributed by atoms with E-state index >= 15 is 0 Å². The summed E-state index contributed by atoms with van der Waals surface area (Å²) in [7, 11) is 0. The van der Waals surface area contributed by atoms with Crippen LogP contribution in [0.5, 0.6) is 0 Å². The third-order valence-electron chi connectivity index (χ3n) is 2.96. The molecule has 0 bridgehead atoms. The second-order valence-corrected chi connectivity index (χ2v) is 4.72. The molecule has 0 aliphatic carbocycles. The average Bonchev–Trinajstić information content (AvgIpc) is 2.37. The minimum atomic E-state index is -1.10. The molecule has 0 spiro atoms. The molecule has 2 rings (SSSR count). The molecule has 7 heteroatoms. The zero-order valence-corrected chi connectivity index (χ0v) is 10.8. The van der Waals surface area contributed by atoms with Crippen molar-refractivity contribution in [3.05, 3.63) is 29.3 Å². The Bertz CT molecular complexity index is 536. The van der Waals surface area contributed by atoms with Gasteiger partial charge in [0.2, 0.25) is 5.91 Å². The van der Waals surface area contributed by atoms with E-state index in [9.17, 15) is 13.6 Å². The van der Waals surface area contributed by atoms with Crippen LogP contribution in [0.25, 0.3) is 0 Å². The van der Waals surface area contributed by atoms with Crippen LogP contribution in [0.4, 0.5) is 14.5 Å². The van der Waals surface area contributed by atoms with Crippen LogP contribution in [0.2, 0.25) is 0 Å². The van der Waals surface area contributed by atoms with Gasteiger partial charge in [-0.15, -0.1) is 0 Å². The topological polar surface area (TPSA) is 67.2 Å². The molecule has 0 aromatic heterocycles. The van der Waals surface area contributed by atoms with E-state index in [4.69, 9.17) is 5.73 Å². The molecular formula is C12H13F2N3OS. The Balaban J connectivity index is 2.24. The summed E-state index contributed by atoms with van der Waals surface area (Å²) in [6.07, 6.45) is 1.36. The highest BCUT2D eigenvalue weighted by atomic mass is 32.1. The van der Waals surface area contributed by atoms with Crippen LogP contribution in [0.3, 0.4) is 0 Å². The molecule has 1 heterocycles. The van der Waals surface area contributed by atoms with Gasteiger partial charge in [0, 0.05) is 12.1 Å². The Morgan fingerprint density at radius 1 is 1.42 bits per heavy atom. The Labute approximate surface area is 114 Å². The fourth-order valence-corrected chi connectivity index (χ4v) is 2.11. The summed E-state index contributed by atoms with van der Waals surface area (Å²) in [6, 6.07) is 2.07. The van der Waals surface area contributed by atoms with E-state index in [1.165, 1.54) is 12.1 Å². The van der Waals surface area contributed by atoms with Crippen LogP contribution in [0.15, 0.2) is 12.1 Å². The summed E-state index contributed by atoms with van der Waals surface area (Å²) in [5.74, 6) is -2.40. The first-order valence-electron chi connectivity index (χ1n) is 5.82. The molecule has 0 radical (unpaired) electrons. The molecule has 1 aliphatic rings. The molecule has 1 aromatic carbocycles. The first kappa shape index (κ1) is 13.7. The summed E-state index contributed by atoms with van der Waals surface area (Å²) in [5.41, 5.74) is 5.06. The van der Waals surface area contributed by atoms with Crippen molar-refractivity contribution in [2.24, 2.45) is 5.73 Å². The van der Waals surface area contributed by atoms with E-state index in [1.54, 1.807) is 0 Å². The maximum Gasteiger partial charge on any atom is 0.242 e. The van der Waals surface area contributed by atoms with Crippen molar-refractivity contribution in [1.82, 2.24) is 5.32 Å². The van der Waals surface area contributed by atoms with Crippen LogP contribution in [0, 0.1) is 11.6 Å². The van der Waals surface area contributed by atoms with Crippen molar-refractivity contribution in [3.8, 4) is 0 Å². The average molecular weight is 285 g/mol. The fraction of sp³-hybridized carbons (Fsp3) is 0.333. The van der Waals surface area contributed by atoms with Crippen LogP contribution < -0.4 is 16.4 Å². The van der Waals surface area contributed by atoms with E-state index in [-0.39, 0.29) is 22.1 Å². The number of hydrogen-bond acceptors (Lipinski definition) is 3. The Morgan fingerprint density at radius 2 is 2.16 bits per heavy atom. The van der Waals surface area contributed by atoms with Gasteiger partial charge >= 0.3 is 0 Å². The summed E-state index contributed by atoms with van der Waals surface area (Å²) in [5, 5.41) is 5.35. The molecule has 1 unspecified atom stereocenters. The molecule has 1 atom stereocenters. The predicted octanol–water partition coefficient (Wildman–Crippen LogP) is 1.29. The number of nitrogens with two attached hydrogens (primary N) is 1. The number of piperidine rings is 1. The second kappa shape index (κ2) is 5.48. The van der Waals surface area contributed by atoms with Crippen molar-refractivity contribution < 1.29 is 13.6 Å². The lowest BCUT2D eigenvalue weighted by Crippen LogP contribution is -2.44. The maximum absolute atomic E-state index is 13.8. The van der Waals surface area contributed by atoms with Gasteiger partial charge in [-0.2, -0.15) is 0 Å². The molecule has 1 amide bonds. The maximum atomic E-state index is 13.8. The number of thiocarbonyl (C=S) groups is 1. The normalized spacial score (nSPS) is 18.8. The Morgan fingerprint density at radius 3 is 2.79 bits per heavy atom. The summed E-state index contributed by atoms with van der Waals surface area (Å²) in [4.78, 5) is 11.3. The summed E-state index contributed by atoms with van der Waals surface area (Å²) < 4.78 is 27.5. The number of rotatable bonds is 3. The highest BCUT2D eigenvalue weighted by molar-refractivity contribution is 7.80. The molecule has 1 fully saturated rings. The highest BCUT2D eigenvalue weighted by Crippen LogP contribution is 2.22. The van der Waals surface area contributed by atoms with Gasteiger partial charge in [-0.25, -0.2) is 8.78 Å². The first-order valence-corrected chi connectivity index (χ1v) is 6.23. The fourth-order valence-electron chi connectivity index (χ4n) is 1.95. The van der Waals surface area contributed by atoms with Gasteiger partial charge in [0.25, 0.3) is 0 Å². The number of nitrogens with one attached hydrogen (secondary N) is 2. The van der Waals surface area contributed by atoms with Gasteiger partial charge in [0.15, 0.2) is 11.6 Å². The zero-order chi connectivity index (χ0) is 14.0. The largest absolute Gasteiger partial charge is 0.389 e. The quantitative estimate of drug-likeness (QED) is 0.732. The lowest BCUT2D eigenvalue weighted by molar-refractivity contribution is -0.123. The van der Waals surface area contributed by atoms with E-state index in [1.807, 2.05) is 0 Å². The number of carbonyl (C=O) groups is 1. The standard InChI is InChI=1S/C12H13F2N3OS/c13-9-6(11(15)19)3-4-7(10(9)14)17-8-2-1-5-16-12(8)18/h3-4,8,17H,1-2,5H2,(H2,15,19)(H,16,18). The number of halogens is 2. The van der Waals surface area contributed by atoms with Gasteiger partial charge in [-0.05, 0) is 25.0 Å². The van der Waals surface area contributed by atoms with Crippen molar-refractivity contribution in [1.29, 1.82) is 0 Å². The van der Waals surface area contributed by atoms with E-state index in [0.717, 1.165) is 6.42 Å². The van der Waals surface area contributed by atoms with Crippen LogP contribution in [0.1, 0.15) is 18.4 Å². The molecule has 102 valence electrons. The van der Waals surface area contributed by atoms with E-state index in [0.29, 0.717) is 13.0 Å². The van der Waals surface area contributed by atoms with Crippen molar-refractivity contribution in [2.45, 2.75) is 18.9 Å². The summed E-state index contributed by atoms with van der Waals surface area (Å²) in [6.45, 7) is 0.605. The monoisotopic (exact) mass is 285 g/mol. The van der Waals surface area contributed by atoms with E-state index < -0.39 is 17.7 Å². The van der Waals surface area contributed by atoms with Gasteiger partial charge in [0.05, 0.1) is 5.69 Å². The molecule has 4 nitrogen and oxygen atoms in total. The smallest absolute Gasteiger partial charge is 0.242 e. The number of anilines is 1. The van der Waals surface area contributed by atoms with Gasteiger partial charge in [-0.1, -0.05) is 12.2 Å².